The Kier molecular flexibility index (Phi) is 9.17. The van der Waals surface area contributed by atoms with Crippen LogP contribution in [0.3, 0.4) is 0 Å². The number of amides is 1. The number of carbonyl (C=O) groups excluding carboxylic acids is 1. The van der Waals surface area contributed by atoms with E-state index in [-0.39, 0.29) is 25.2 Å². The Morgan fingerprint density at radius 3 is 2.26 bits per heavy atom. The summed E-state index contributed by atoms with van der Waals surface area (Å²) in [5.74, 6) is 1.38. The molecule has 0 saturated carbocycles. The van der Waals surface area contributed by atoms with Gasteiger partial charge in [0.15, 0.2) is 0 Å². The zero-order chi connectivity index (χ0) is 27.3. The lowest BCUT2D eigenvalue weighted by Gasteiger charge is -2.37. The zero-order valence-corrected chi connectivity index (χ0v) is 23.6. The SMILES string of the molecule is COc1cccc(N2CCN(C(=O)COCC3CCCCN3S(=O)(=O)c3c(C)cc(OC)cc3C)CC2)c1. The van der Waals surface area contributed by atoms with Crippen LogP contribution in [-0.4, -0.2) is 89.7 Å². The molecule has 2 aromatic carbocycles. The van der Waals surface area contributed by atoms with Gasteiger partial charge in [-0.2, -0.15) is 4.31 Å². The highest BCUT2D eigenvalue weighted by molar-refractivity contribution is 7.89. The van der Waals surface area contributed by atoms with Gasteiger partial charge in [-0.25, -0.2) is 8.42 Å². The molecule has 2 aromatic rings. The van der Waals surface area contributed by atoms with Gasteiger partial charge >= 0.3 is 0 Å². The first-order valence-corrected chi connectivity index (χ1v) is 14.6. The van der Waals surface area contributed by atoms with E-state index in [2.05, 4.69) is 4.90 Å². The molecule has 4 rings (SSSR count). The average molecular weight is 546 g/mol. The summed E-state index contributed by atoms with van der Waals surface area (Å²) in [6.07, 6.45) is 2.45. The second-order valence-corrected chi connectivity index (χ2v) is 11.8. The molecule has 10 heteroatoms. The third kappa shape index (κ3) is 6.24. The standard InChI is InChI=1S/C28H39N3O6S/c1-21-16-26(36-4)17-22(2)28(21)38(33,34)31-11-6-5-8-24(31)19-37-20-27(32)30-14-12-29(13-15-30)23-9-7-10-25(18-23)35-3/h7,9-10,16-18,24H,5-6,8,11-15,19-20H2,1-4H3. The first-order valence-electron chi connectivity index (χ1n) is 13.2. The van der Waals surface area contributed by atoms with Crippen LogP contribution in [0.4, 0.5) is 5.69 Å². The number of hydrogen-bond donors (Lipinski definition) is 0. The van der Waals surface area contributed by atoms with Crippen LogP contribution in [0.25, 0.3) is 0 Å². The fraction of sp³-hybridized carbons (Fsp3) is 0.536. The molecule has 0 bridgehead atoms. The molecule has 1 atom stereocenters. The smallest absolute Gasteiger partial charge is 0.248 e. The second-order valence-electron chi connectivity index (χ2n) is 9.94. The predicted octanol–water partition coefficient (Wildman–Crippen LogP) is 3.23. The van der Waals surface area contributed by atoms with Gasteiger partial charge in [-0.3, -0.25) is 4.79 Å². The molecule has 9 nitrogen and oxygen atoms in total. The summed E-state index contributed by atoms with van der Waals surface area (Å²) < 4.78 is 45.5. The molecule has 208 valence electrons. The number of piperidine rings is 1. The normalized spacial score (nSPS) is 18.9. The monoisotopic (exact) mass is 545 g/mol. The van der Waals surface area contributed by atoms with Crippen molar-refractivity contribution in [2.24, 2.45) is 0 Å². The van der Waals surface area contributed by atoms with Crippen molar-refractivity contribution in [3.05, 3.63) is 47.5 Å². The van der Waals surface area contributed by atoms with Gasteiger partial charge in [0, 0.05) is 50.5 Å². The van der Waals surface area contributed by atoms with Crippen molar-refractivity contribution in [2.75, 3.05) is 65.1 Å². The van der Waals surface area contributed by atoms with Gasteiger partial charge in [-0.1, -0.05) is 12.5 Å². The molecule has 1 amide bonds. The Labute approximate surface area is 226 Å². The van der Waals surface area contributed by atoms with Gasteiger partial charge in [-0.15, -0.1) is 0 Å². The molecular weight excluding hydrogens is 506 g/mol. The molecule has 2 fully saturated rings. The fourth-order valence-electron chi connectivity index (χ4n) is 5.40. The number of hydrogen-bond acceptors (Lipinski definition) is 7. The van der Waals surface area contributed by atoms with Crippen LogP contribution in [0.2, 0.25) is 0 Å². The zero-order valence-electron chi connectivity index (χ0n) is 22.8. The maximum absolute atomic E-state index is 13.7. The van der Waals surface area contributed by atoms with Crippen molar-refractivity contribution in [1.29, 1.82) is 0 Å². The molecule has 2 aliphatic heterocycles. The van der Waals surface area contributed by atoms with Crippen LogP contribution in [0.1, 0.15) is 30.4 Å². The molecular formula is C28H39N3O6S. The first-order chi connectivity index (χ1) is 18.2. The molecule has 0 aliphatic carbocycles. The van der Waals surface area contributed by atoms with E-state index < -0.39 is 10.0 Å². The molecule has 0 radical (unpaired) electrons. The van der Waals surface area contributed by atoms with Gasteiger partial charge in [0.2, 0.25) is 15.9 Å². The van der Waals surface area contributed by atoms with Crippen molar-refractivity contribution < 1.29 is 27.4 Å². The average Bonchev–Trinajstić information content (AvgIpc) is 2.92. The van der Waals surface area contributed by atoms with Gasteiger partial charge in [0.25, 0.3) is 0 Å². The van der Waals surface area contributed by atoms with Gasteiger partial charge in [0.05, 0.1) is 25.7 Å². The van der Waals surface area contributed by atoms with Crippen LogP contribution >= 0.6 is 0 Å². The molecule has 38 heavy (non-hydrogen) atoms. The summed E-state index contributed by atoms with van der Waals surface area (Å²) in [6, 6.07) is 11.1. The predicted molar refractivity (Wildman–Crippen MR) is 147 cm³/mol. The number of carbonyl (C=O) groups is 1. The van der Waals surface area contributed by atoms with Crippen LogP contribution in [0.15, 0.2) is 41.3 Å². The van der Waals surface area contributed by atoms with Crippen molar-refractivity contribution in [3.63, 3.8) is 0 Å². The first kappa shape index (κ1) is 28.2. The van der Waals surface area contributed by atoms with Crippen LogP contribution < -0.4 is 14.4 Å². The summed E-state index contributed by atoms with van der Waals surface area (Å²) in [5.41, 5.74) is 2.40. The third-order valence-electron chi connectivity index (χ3n) is 7.40. The number of benzene rings is 2. The summed E-state index contributed by atoms with van der Waals surface area (Å²) in [7, 11) is -0.495. The summed E-state index contributed by atoms with van der Waals surface area (Å²) in [4.78, 5) is 17.2. The van der Waals surface area contributed by atoms with Crippen LogP contribution in [0, 0.1) is 13.8 Å². The fourth-order valence-corrected chi connectivity index (χ4v) is 7.50. The summed E-state index contributed by atoms with van der Waals surface area (Å²) in [6.45, 7) is 6.87. The topological polar surface area (TPSA) is 88.6 Å². The number of nitrogens with zero attached hydrogens (tertiary/aromatic N) is 3. The Balaban J connectivity index is 1.33. The number of aryl methyl sites for hydroxylation is 2. The maximum Gasteiger partial charge on any atom is 0.248 e. The van der Waals surface area contributed by atoms with E-state index >= 15 is 0 Å². The van der Waals surface area contributed by atoms with Crippen LogP contribution in [0.5, 0.6) is 11.5 Å². The minimum absolute atomic E-state index is 0.0514. The molecule has 2 heterocycles. The number of piperazine rings is 1. The van der Waals surface area contributed by atoms with Gasteiger partial charge < -0.3 is 24.0 Å². The highest BCUT2D eigenvalue weighted by Crippen LogP contribution is 2.32. The lowest BCUT2D eigenvalue weighted by atomic mass is 10.1. The van der Waals surface area contributed by atoms with E-state index in [1.54, 1.807) is 44.5 Å². The molecule has 0 aromatic heterocycles. The van der Waals surface area contributed by atoms with Crippen molar-refractivity contribution in [2.45, 2.75) is 44.0 Å². The number of anilines is 1. The van der Waals surface area contributed by atoms with Gasteiger partial charge in [-0.05, 0) is 62.1 Å². The maximum atomic E-state index is 13.7. The molecule has 0 spiro atoms. The molecule has 0 N–H and O–H groups in total. The van der Waals surface area contributed by atoms with E-state index in [0.29, 0.717) is 47.8 Å². The number of rotatable bonds is 9. The summed E-state index contributed by atoms with van der Waals surface area (Å²) >= 11 is 0. The number of methoxy groups -OCH3 is 2. The van der Waals surface area contributed by atoms with E-state index in [1.807, 2.05) is 29.2 Å². The quantitative estimate of drug-likeness (QED) is 0.478. The highest BCUT2D eigenvalue weighted by atomic mass is 32.2. The van der Waals surface area contributed by atoms with Crippen molar-refractivity contribution in [3.8, 4) is 11.5 Å². The molecule has 1 unspecified atom stereocenters. The minimum Gasteiger partial charge on any atom is -0.497 e. The second kappa shape index (κ2) is 12.4. The number of sulfonamides is 1. The van der Waals surface area contributed by atoms with E-state index in [4.69, 9.17) is 14.2 Å². The lowest BCUT2D eigenvalue weighted by molar-refractivity contribution is -0.137. The number of ether oxygens (including phenoxy) is 3. The Morgan fingerprint density at radius 1 is 0.921 bits per heavy atom. The lowest BCUT2D eigenvalue weighted by Crippen LogP contribution is -2.50. The molecule has 2 saturated heterocycles. The van der Waals surface area contributed by atoms with Crippen molar-refractivity contribution >= 4 is 21.6 Å². The highest BCUT2D eigenvalue weighted by Gasteiger charge is 2.36. The Morgan fingerprint density at radius 2 is 1.61 bits per heavy atom. The van der Waals surface area contributed by atoms with E-state index in [0.717, 1.165) is 37.4 Å². The van der Waals surface area contributed by atoms with E-state index in [9.17, 15) is 13.2 Å². The third-order valence-corrected chi connectivity index (χ3v) is 9.65. The summed E-state index contributed by atoms with van der Waals surface area (Å²) in [5, 5.41) is 0. The largest absolute Gasteiger partial charge is 0.497 e. The van der Waals surface area contributed by atoms with Gasteiger partial charge in [0.1, 0.15) is 18.1 Å². The molecule has 2 aliphatic rings. The van der Waals surface area contributed by atoms with Crippen molar-refractivity contribution in [1.82, 2.24) is 9.21 Å². The Bertz CT molecular complexity index is 1200. The van der Waals surface area contributed by atoms with Crippen LogP contribution in [-0.2, 0) is 19.6 Å². The minimum atomic E-state index is -3.72. The van der Waals surface area contributed by atoms with E-state index in [1.165, 1.54) is 0 Å². The Hall–Kier alpha value is -2.82.